The van der Waals surface area contributed by atoms with E-state index in [1.165, 1.54) is 6.07 Å². The van der Waals surface area contributed by atoms with Crippen LogP contribution in [0.15, 0.2) is 41.3 Å². The lowest BCUT2D eigenvalue weighted by molar-refractivity contribution is -0.0499. The molecule has 0 fully saturated rings. The minimum atomic E-state index is -5.68. The second kappa shape index (κ2) is 6.60. The standard InChI is InChI=1S/C15H16F3O3S2/c1-3-22(4-2)14-10-9-13(11-7-5-6-8-12(11)14)21-23(19,20)15(16,17)18/h5-10H,3-4H2,1-2H3/q+1. The Morgan fingerprint density at radius 2 is 1.57 bits per heavy atom. The predicted molar refractivity (Wildman–Crippen MR) is 86.3 cm³/mol. The molecule has 0 bridgehead atoms. The number of hydrogen-bond donors (Lipinski definition) is 0. The Balaban J connectivity index is 2.59. The summed E-state index contributed by atoms with van der Waals surface area (Å²) < 4.78 is 64.4. The van der Waals surface area contributed by atoms with Gasteiger partial charge < -0.3 is 4.18 Å². The van der Waals surface area contributed by atoms with Crippen molar-refractivity contribution < 1.29 is 25.8 Å². The second-order valence-corrected chi connectivity index (χ2v) is 8.78. The maximum absolute atomic E-state index is 12.5. The van der Waals surface area contributed by atoms with E-state index in [4.69, 9.17) is 0 Å². The Morgan fingerprint density at radius 1 is 1.00 bits per heavy atom. The molecule has 0 heterocycles. The Bertz CT molecular complexity index is 797. The number of hydrogen-bond acceptors (Lipinski definition) is 3. The quantitative estimate of drug-likeness (QED) is 0.455. The van der Waals surface area contributed by atoms with E-state index in [0.29, 0.717) is 5.39 Å². The third kappa shape index (κ3) is 3.58. The molecule has 2 aromatic rings. The lowest BCUT2D eigenvalue weighted by Crippen LogP contribution is -2.28. The second-order valence-electron chi connectivity index (χ2n) is 4.66. The molecule has 0 atom stereocenters. The van der Waals surface area contributed by atoms with Crippen molar-refractivity contribution in [3.63, 3.8) is 0 Å². The molecule has 2 rings (SSSR count). The van der Waals surface area contributed by atoms with Gasteiger partial charge in [0.05, 0.1) is 0 Å². The Morgan fingerprint density at radius 3 is 2.09 bits per heavy atom. The zero-order valence-electron chi connectivity index (χ0n) is 12.6. The lowest BCUT2D eigenvalue weighted by atomic mass is 10.1. The molecule has 0 saturated heterocycles. The van der Waals surface area contributed by atoms with Crippen LogP contribution in [-0.2, 0) is 21.0 Å². The van der Waals surface area contributed by atoms with Gasteiger partial charge in [0, 0.05) is 21.7 Å². The number of benzene rings is 2. The van der Waals surface area contributed by atoms with Gasteiger partial charge in [-0.1, -0.05) is 18.2 Å². The molecule has 0 aliphatic rings. The lowest BCUT2D eigenvalue weighted by Gasteiger charge is -2.13. The summed E-state index contributed by atoms with van der Waals surface area (Å²) in [5, 5.41) is 1.08. The van der Waals surface area contributed by atoms with Crippen molar-refractivity contribution in [2.45, 2.75) is 24.3 Å². The molecule has 23 heavy (non-hydrogen) atoms. The molecule has 2 aromatic carbocycles. The Kier molecular flexibility index (Phi) is 5.15. The topological polar surface area (TPSA) is 43.4 Å². The van der Waals surface area contributed by atoms with Gasteiger partial charge in [0.2, 0.25) is 0 Å². The normalized spacial score (nSPS) is 12.8. The van der Waals surface area contributed by atoms with E-state index in [1.54, 1.807) is 30.3 Å². The smallest absolute Gasteiger partial charge is 0.375 e. The highest BCUT2D eigenvalue weighted by Gasteiger charge is 2.48. The Hall–Kier alpha value is -1.41. The molecule has 126 valence electrons. The van der Waals surface area contributed by atoms with Crippen LogP contribution in [0.1, 0.15) is 13.8 Å². The Labute approximate surface area is 135 Å². The predicted octanol–water partition coefficient (Wildman–Crippen LogP) is 4.09. The number of alkyl halides is 3. The molecule has 0 spiro atoms. The van der Waals surface area contributed by atoms with E-state index in [1.807, 2.05) is 13.8 Å². The summed E-state index contributed by atoms with van der Waals surface area (Å²) in [6, 6.07) is 9.68. The van der Waals surface area contributed by atoms with Crippen LogP contribution in [0.4, 0.5) is 13.2 Å². The van der Waals surface area contributed by atoms with Gasteiger partial charge in [0.1, 0.15) is 11.5 Å². The van der Waals surface area contributed by atoms with E-state index < -0.39 is 15.6 Å². The average molecular weight is 365 g/mol. The van der Waals surface area contributed by atoms with Crippen LogP contribution in [0.5, 0.6) is 5.75 Å². The van der Waals surface area contributed by atoms with Gasteiger partial charge in [-0.25, -0.2) is 0 Å². The molecule has 0 amide bonds. The van der Waals surface area contributed by atoms with Gasteiger partial charge in [0.15, 0.2) is 10.6 Å². The first-order chi connectivity index (χ1) is 10.7. The van der Waals surface area contributed by atoms with Crippen molar-refractivity contribution in [3.05, 3.63) is 36.4 Å². The van der Waals surface area contributed by atoms with Gasteiger partial charge in [-0.15, -0.1) is 0 Å². The first-order valence-electron chi connectivity index (χ1n) is 6.91. The molecule has 0 aliphatic carbocycles. The van der Waals surface area contributed by atoms with E-state index in [-0.39, 0.29) is 16.6 Å². The molecule has 3 nitrogen and oxygen atoms in total. The van der Waals surface area contributed by atoms with Crippen molar-refractivity contribution in [1.29, 1.82) is 0 Å². The SMILES string of the molecule is CC[S+](CC)c1ccc(OS(=O)(=O)C(F)(F)F)c2ccccc12. The van der Waals surface area contributed by atoms with Crippen LogP contribution in [0.3, 0.4) is 0 Å². The van der Waals surface area contributed by atoms with Gasteiger partial charge in [0.25, 0.3) is 0 Å². The molecular formula is C15H16F3O3S2+. The van der Waals surface area contributed by atoms with Crippen molar-refractivity contribution in [1.82, 2.24) is 0 Å². The zero-order chi connectivity index (χ0) is 17.3. The highest BCUT2D eigenvalue weighted by Crippen LogP contribution is 2.35. The molecule has 0 aromatic heterocycles. The number of rotatable bonds is 5. The van der Waals surface area contributed by atoms with Crippen LogP contribution < -0.4 is 4.18 Å². The molecule has 0 saturated carbocycles. The van der Waals surface area contributed by atoms with Crippen LogP contribution in [-0.4, -0.2) is 25.4 Å². The maximum Gasteiger partial charge on any atom is 0.534 e. The van der Waals surface area contributed by atoms with Crippen molar-refractivity contribution in [2.75, 3.05) is 11.5 Å². The molecular weight excluding hydrogens is 349 g/mol. The summed E-state index contributed by atoms with van der Waals surface area (Å²) in [5.41, 5.74) is -5.45. The molecule has 0 radical (unpaired) electrons. The number of halogens is 3. The van der Waals surface area contributed by atoms with E-state index >= 15 is 0 Å². The maximum atomic E-state index is 12.5. The summed E-state index contributed by atoms with van der Waals surface area (Å²) in [7, 11) is -5.74. The van der Waals surface area contributed by atoms with Crippen molar-refractivity contribution >= 4 is 31.8 Å². The zero-order valence-corrected chi connectivity index (χ0v) is 14.2. The minimum Gasteiger partial charge on any atom is -0.375 e. The summed E-state index contributed by atoms with van der Waals surface area (Å²) in [6.07, 6.45) is 0. The van der Waals surface area contributed by atoms with Gasteiger partial charge in [-0.05, 0) is 32.0 Å². The molecule has 0 unspecified atom stereocenters. The number of fused-ring (bicyclic) bond motifs is 1. The first kappa shape index (κ1) is 17.9. The fourth-order valence-corrected chi connectivity index (χ4v) is 4.50. The van der Waals surface area contributed by atoms with Gasteiger partial charge in [-0.2, -0.15) is 21.6 Å². The molecule has 8 heteroatoms. The highest BCUT2D eigenvalue weighted by atomic mass is 32.2. The van der Waals surface area contributed by atoms with E-state index in [2.05, 4.69) is 4.18 Å². The van der Waals surface area contributed by atoms with Crippen molar-refractivity contribution in [2.24, 2.45) is 0 Å². The largest absolute Gasteiger partial charge is 0.534 e. The monoisotopic (exact) mass is 365 g/mol. The van der Waals surface area contributed by atoms with Crippen LogP contribution >= 0.6 is 0 Å². The summed E-state index contributed by atoms with van der Waals surface area (Å²) in [6.45, 7) is 4.08. The summed E-state index contributed by atoms with van der Waals surface area (Å²) in [5.74, 6) is 1.50. The highest BCUT2D eigenvalue weighted by molar-refractivity contribution is 7.97. The van der Waals surface area contributed by atoms with E-state index in [9.17, 15) is 21.6 Å². The minimum absolute atomic E-state index is 0.0521. The van der Waals surface area contributed by atoms with Crippen LogP contribution in [0, 0.1) is 0 Å². The molecule has 0 N–H and O–H groups in total. The van der Waals surface area contributed by atoms with E-state index in [0.717, 1.165) is 21.8 Å². The summed E-state index contributed by atoms with van der Waals surface area (Å²) >= 11 is 0. The third-order valence-corrected chi connectivity index (χ3v) is 6.67. The van der Waals surface area contributed by atoms with Gasteiger partial charge in [-0.3, -0.25) is 0 Å². The first-order valence-corrected chi connectivity index (χ1v) is 9.88. The summed E-state index contributed by atoms with van der Waals surface area (Å²) in [4.78, 5) is 1.00. The van der Waals surface area contributed by atoms with Gasteiger partial charge >= 0.3 is 15.6 Å². The third-order valence-electron chi connectivity index (χ3n) is 3.33. The average Bonchev–Trinajstić information content (AvgIpc) is 2.49. The van der Waals surface area contributed by atoms with Crippen LogP contribution in [0.2, 0.25) is 0 Å². The van der Waals surface area contributed by atoms with Crippen LogP contribution in [0.25, 0.3) is 10.8 Å². The fraction of sp³-hybridized carbons (Fsp3) is 0.333. The van der Waals surface area contributed by atoms with Crippen molar-refractivity contribution in [3.8, 4) is 5.75 Å². The molecule has 0 aliphatic heterocycles. The fourth-order valence-electron chi connectivity index (χ4n) is 2.25.